The van der Waals surface area contributed by atoms with Gasteiger partial charge in [0.25, 0.3) is 0 Å². The third-order valence-electron chi connectivity index (χ3n) is 12.1. The Kier molecular flexibility index (Phi) is 46.8. The standard InChI is InChI=1S/C59H103NO7/c1-6-8-10-12-14-16-18-20-22-24-26-28-29-30-32-33-35-37-39-41-43-45-47-49-57(61)66-54-55(53-65-52-51-56(59(63)64)60(3,4)5)67-58(62)50-48-46-44-42-40-38-36-34-31-27-25-23-21-19-17-15-13-11-9-7-2/h8,10,14,16-17,19-23,26,28,55-56H,6-7,9,11-13,15,18,24-25,27,29-54H2,1-5H3/b10-8+,16-14+,19-17+,22-20+,23-21+,28-26+. The number of carbonyl (C=O) groups is 3. The number of hydrogen-bond donors (Lipinski definition) is 0. The van der Waals surface area contributed by atoms with Gasteiger partial charge in [-0.15, -0.1) is 0 Å². The van der Waals surface area contributed by atoms with Crippen molar-refractivity contribution in [1.29, 1.82) is 0 Å². The Balaban J connectivity index is 4.21. The summed E-state index contributed by atoms with van der Waals surface area (Å²) in [6, 6.07) is -0.730. The highest BCUT2D eigenvalue weighted by Crippen LogP contribution is 2.15. The maximum Gasteiger partial charge on any atom is 0.306 e. The summed E-state index contributed by atoms with van der Waals surface area (Å²) in [5.41, 5.74) is 0. The van der Waals surface area contributed by atoms with Crippen LogP contribution in [0.25, 0.3) is 0 Å². The second kappa shape index (κ2) is 49.2. The minimum Gasteiger partial charge on any atom is -0.544 e. The van der Waals surface area contributed by atoms with E-state index in [1.165, 1.54) is 135 Å². The van der Waals surface area contributed by atoms with Crippen LogP contribution in [-0.2, 0) is 28.6 Å². The maximum absolute atomic E-state index is 12.8. The molecule has 0 aliphatic carbocycles. The van der Waals surface area contributed by atoms with Crippen LogP contribution in [0, 0.1) is 0 Å². The number of likely N-dealkylation sites (N-methyl/N-ethyl adjacent to an activating group) is 1. The number of hydrogen-bond acceptors (Lipinski definition) is 7. The van der Waals surface area contributed by atoms with Gasteiger partial charge >= 0.3 is 11.9 Å². The van der Waals surface area contributed by atoms with Crippen molar-refractivity contribution in [3.8, 4) is 0 Å². The van der Waals surface area contributed by atoms with Crippen LogP contribution in [-0.4, -0.2) is 75.5 Å². The van der Waals surface area contributed by atoms with Crippen molar-refractivity contribution < 1.29 is 38.2 Å². The molecular formula is C59H103NO7. The van der Waals surface area contributed by atoms with E-state index in [0.717, 1.165) is 64.2 Å². The number of allylic oxidation sites excluding steroid dienone is 12. The van der Waals surface area contributed by atoms with Gasteiger partial charge in [-0.25, -0.2) is 0 Å². The molecule has 0 rings (SSSR count). The number of carboxylic acids is 1. The first-order chi connectivity index (χ1) is 32.6. The number of carboxylic acid groups (broad SMARTS) is 1. The van der Waals surface area contributed by atoms with E-state index in [9.17, 15) is 19.5 Å². The maximum atomic E-state index is 12.8. The molecule has 0 bridgehead atoms. The van der Waals surface area contributed by atoms with E-state index in [1.54, 1.807) is 21.1 Å². The first kappa shape index (κ1) is 63.8. The van der Waals surface area contributed by atoms with Crippen molar-refractivity contribution in [2.24, 2.45) is 0 Å². The normalized spacial score (nSPS) is 13.4. The Hall–Kier alpha value is -3.23. The molecule has 2 unspecified atom stereocenters. The second-order valence-corrected chi connectivity index (χ2v) is 19.5. The first-order valence-corrected chi connectivity index (χ1v) is 27.5. The fraction of sp³-hybridized carbons (Fsp3) is 0.746. The number of nitrogens with zero attached hydrogens (tertiary/aromatic N) is 1. The lowest BCUT2D eigenvalue weighted by atomic mass is 10.0. The van der Waals surface area contributed by atoms with E-state index in [0.29, 0.717) is 12.8 Å². The molecule has 0 aromatic carbocycles. The third-order valence-corrected chi connectivity index (χ3v) is 12.1. The van der Waals surface area contributed by atoms with Gasteiger partial charge in [-0.05, 0) is 77.0 Å². The van der Waals surface area contributed by atoms with Gasteiger partial charge in [0.2, 0.25) is 0 Å². The van der Waals surface area contributed by atoms with Crippen LogP contribution in [0.15, 0.2) is 72.9 Å². The molecule has 2 atom stereocenters. The van der Waals surface area contributed by atoms with Crippen LogP contribution in [0.1, 0.15) is 232 Å². The topological polar surface area (TPSA) is 102 Å². The molecule has 0 N–H and O–H groups in total. The van der Waals surface area contributed by atoms with Crippen LogP contribution < -0.4 is 5.11 Å². The number of aliphatic carboxylic acids is 1. The van der Waals surface area contributed by atoms with E-state index in [1.807, 2.05) is 0 Å². The van der Waals surface area contributed by atoms with Crippen molar-refractivity contribution >= 4 is 17.9 Å². The van der Waals surface area contributed by atoms with E-state index < -0.39 is 18.1 Å². The fourth-order valence-electron chi connectivity index (χ4n) is 7.88. The summed E-state index contributed by atoms with van der Waals surface area (Å²) in [6.45, 7) is 4.54. The molecule has 8 nitrogen and oxygen atoms in total. The lowest BCUT2D eigenvalue weighted by molar-refractivity contribution is -0.889. The molecule has 0 aliphatic rings. The summed E-state index contributed by atoms with van der Waals surface area (Å²) in [5.74, 6) is -1.74. The Bertz CT molecular complexity index is 1320. The van der Waals surface area contributed by atoms with Crippen molar-refractivity contribution in [2.75, 3.05) is 41.0 Å². The van der Waals surface area contributed by atoms with Gasteiger partial charge in [-0.2, -0.15) is 0 Å². The highest BCUT2D eigenvalue weighted by molar-refractivity contribution is 5.70. The summed E-state index contributed by atoms with van der Waals surface area (Å²) in [4.78, 5) is 37.1. The summed E-state index contributed by atoms with van der Waals surface area (Å²) >= 11 is 0. The summed E-state index contributed by atoms with van der Waals surface area (Å²) < 4.78 is 17.3. The number of quaternary nitrogens is 1. The molecule has 0 aromatic rings. The quantitative estimate of drug-likeness (QED) is 0.0197. The van der Waals surface area contributed by atoms with Gasteiger partial charge in [0, 0.05) is 19.3 Å². The summed E-state index contributed by atoms with van der Waals surface area (Å²) in [6.07, 6.45) is 63.6. The van der Waals surface area contributed by atoms with Gasteiger partial charge in [0.05, 0.1) is 40.3 Å². The summed E-state index contributed by atoms with van der Waals surface area (Å²) in [5, 5.41) is 11.7. The monoisotopic (exact) mass is 938 g/mol. The molecule has 0 aliphatic heterocycles. The first-order valence-electron chi connectivity index (χ1n) is 27.5. The molecule has 0 amide bonds. The average Bonchev–Trinajstić information content (AvgIpc) is 3.29. The van der Waals surface area contributed by atoms with Crippen molar-refractivity contribution in [2.45, 2.75) is 244 Å². The number of carbonyl (C=O) groups excluding carboxylic acids is 3. The molecule has 0 fully saturated rings. The van der Waals surface area contributed by atoms with Gasteiger partial charge in [-0.1, -0.05) is 209 Å². The highest BCUT2D eigenvalue weighted by atomic mass is 16.6. The van der Waals surface area contributed by atoms with Crippen LogP contribution in [0.3, 0.4) is 0 Å². The SMILES string of the molecule is CC/C=C/C/C=C/C/C=C/C/C=C/CCCCCCCCCCCCC(=O)OCC(COCCC(C(=O)[O-])[N+](C)(C)C)OC(=O)CCCCCCCCCCCC/C=C/C=C/CCCCCC. The lowest BCUT2D eigenvalue weighted by Gasteiger charge is -2.34. The molecule has 0 heterocycles. The molecule has 0 aromatic heterocycles. The fourth-order valence-corrected chi connectivity index (χ4v) is 7.88. The average molecular weight is 938 g/mol. The number of rotatable bonds is 49. The molecule has 0 radical (unpaired) electrons. The highest BCUT2D eigenvalue weighted by Gasteiger charge is 2.25. The minimum absolute atomic E-state index is 0.0362. The van der Waals surface area contributed by atoms with Crippen LogP contribution in [0.2, 0.25) is 0 Å². The Morgan fingerprint density at radius 2 is 0.881 bits per heavy atom. The van der Waals surface area contributed by atoms with E-state index >= 15 is 0 Å². The molecule has 8 heteroatoms. The number of ether oxygens (including phenoxy) is 3. The zero-order chi connectivity index (χ0) is 49.2. The van der Waals surface area contributed by atoms with Crippen LogP contribution in [0.5, 0.6) is 0 Å². The molecule has 0 saturated carbocycles. The Labute approximate surface area is 412 Å². The molecule has 0 saturated heterocycles. The van der Waals surface area contributed by atoms with Gasteiger partial charge in [-0.3, -0.25) is 9.59 Å². The minimum atomic E-state index is -1.13. The van der Waals surface area contributed by atoms with Crippen molar-refractivity contribution in [1.82, 2.24) is 0 Å². The van der Waals surface area contributed by atoms with Crippen LogP contribution >= 0.6 is 0 Å². The third kappa shape index (κ3) is 47.6. The molecule has 0 spiro atoms. The second-order valence-electron chi connectivity index (χ2n) is 19.5. The van der Waals surface area contributed by atoms with Gasteiger partial charge < -0.3 is 28.6 Å². The van der Waals surface area contributed by atoms with Gasteiger partial charge in [0.15, 0.2) is 6.10 Å². The number of unbranched alkanes of at least 4 members (excludes halogenated alkanes) is 24. The van der Waals surface area contributed by atoms with Crippen molar-refractivity contribution in [3.63, 3.8) is 0 Å². The zero-order valence-electron chi connectivity index (χ0n) is 44.1. The number of esters is 2. The Morgan fingerprint density at radius 1 is 0.478 bits per heavy atom. The van der Waals surface area contributed by atoms with E-state index in [-0.39, 0.29) is 42.7 Å². The smallest absolute Gasteiger partial charge is 0.306 e. The largest absolute Gasteiger partial charge is 0.544 e. The van der Waals surface area contributed by atoms with Crippen molar-refractivity contribution in [3.05, 3.63) is 72.9 Å². The van der Waals surface area contributed by atoms with E-state index in [2.05, 4.69) is 86.8 Å². The molecular weight excluding hydrogens is 835 g/mol. The Morgan fingerprint density at radius 3 is 1.33 bits per heavy atom. The summed E-state index contributed by atoms with van der Waals surface area (Å²) in [7, 11) is 5.42. The lowest BCUT2D eigenvalue weighted by Crippen LogP contribution is -2.55. The predicted molar refractivity (Wildman–Crippen MR) is 282 cm³/mol. The molecule has 386 valence electrons. The zero-order valence-corrected chi connectivity index (χ0v) is 44.1. The molecule has 67 heavy (non-hydrogen) atoms. The predicted octanol–water partition coefficient (Wildman–Crippen LogP) is 14.9. The van der Waals surface area contributed by atoms with E-state index in [4.69, 9.17) is 14.2 Å². The van der Waals surface area contributed by atoms with Gasteiger partial charge in [0.1, 0.15) is 12.6 Å². The van der Waals surface area contributed by atoms with Crippen LogP contribution in [0.4, 0.5) is 0 Å².